The second-order valence-electron chi connectivity index (χ2n) is 5.39. The molecule has 0 spiro atoms. The van der Waals surface area contributed by atoms with E-state index in [4.69, 9.17) is 0 Å². The topological polar surface area (TPSA) is 72.5 Å². The van der Waals surface area contributed by atoms with Gasteiger partial charge in [0, 0.05) is 4.47 Å². The van der Waals surface area contributed by atoms with E-state index in [1.54, 1.807) is 24.3 Å². The van der Waals surface area contributed by atoms with Gasteiger partial charge in [-0.2, -0.15) is 0 Å². The van der Waals surface area contributed by atoms with Gasteiger partial charge in [-0.25, -0.2) is 17.5 Å². The summed E-state index contributed by atoms with van der Waals surface area (Å²) in [6, 6.07) is 11.5. The number of rotatable bonds is 7. The molecule has 25 heavy (non-hydrogen) atoms. The van der Waals surface area contributed by atoms with E-state index in [9.17, 15) is 17.6 Å². The zero-order valence-electron chi connectivity index (χ0n) is 13.4. The van der Waals surface area contributed by atoms with Crippen LogP contribution in [0.25, 0.3) is 0 Å². The van der Waals surface area contributed by atoms with Crippen molar-refractivity contribution in [3.8, 4) is 0 Å². The molecular formula is C17H17BrFNO4S. The van der Waals surface area contributed by atoms with Crippen LogP contribution in [0.3, 0.4) is 0 Å². The van der Waals surface area contributed by atoms with E-state index < -0.39 is 33.6 Å². The summed E-state index contributed by atoms with van der Waals surface area (Å²) in [5.74, 6) is -1.44. The summed E-state index contributed by atoms with van der Waals surface area (Å²) in [5, 5.41) is 0. The van der Waals surface area contributed by atoms with Crippen molar-refractivity contribution in [1.82, 2.24) is 4.72 Å². The fourth-order valence-corrected chi connectivity index (χ4v) is 4.08. The number of carbonyl (C=O) groups is 1. The lowest BCUT2D eigenvalue weighted by Crippen LogP contribution is -2.31. The van der Waals surface area contributed by atoms with Gasteiger partial charge in [-0.15, -0.1) is 0 Å². The van der Waals surface area contributed by atoms with Crippen molar-refractivity contribution in [2.45, 2.75) is 18.2 Å². The van der Waals surface area contributed by atoms with Gasteiger partial charge in [0.25, 0.3) is 0 Å². The van der Waals surface area contributed by atoms with Crippen molar-refractivity contribution in [2.75, 3.05) is 7.11 Å². The van der Waals surface area contributed by atoms with Crippen LogP contribution in [-0.4, -0.2) is 21.5 Å². The van der Waals surface area contributed by atoms with Crippen LogP contribution in [0.4, 0.5) is 4.39 Å². The number of esters is 1. The van der Waals surface area contributed by atoms with Gasteiger partial charge in [0.05, 0.1) is 25.3 Å². The van der Waals surface area contributed by atoms with Gasteiger partial charge in [-0.1, -0.05) is 40.2 Å². The molecule has 0 radical (unpaired) electrons. The lowest BCUT2D eigenvalue weighted by molar-refractivity contribution is -0.141. The summed E-state index contributed by atoms with van der Waals surface area (Å²) in [6.07, 6.45) is -0.157. The maximum absolute atomic E-state index is 13.3. The minimum Gasteiger partial charge on any atom is -0.469 e. The van der Waals surface area contributed by atoms with Crippen LogP contribution in [0, 0.1) is 5.82 Å². The largest absolute Gasteiger partial charge is 0.469 e. The fraction of sp³-hybridized carbons (Fsp3) is 0.235. The van der Waals surface area contributed by atoms with E-state index in [0.717, 1.165) is 10.5 Å². The van der Waals surface area contributed by atoms with Crippen LogP contribution < -0.4 is 4.72 Å². The predicted octanol–water partition coefficient (Wildman–Crippen LogP) is 3.31. The third-order valence-electron chi connectivity index (χ3n) is 3.42. The van der Waals surface area contributed by atoms with Gasteiger partial charge in [0.2, 0.25) is 10.0 Å². The molecule has 1 unspecified atom stereocenters. The number of carbonyl (C=O) groups excluding carboxylic acids is 1. The Balaban J connectivity index is 2.23. The van der Waals surface area contributed by atoms with Gasteiger partial charge < -0.3 is 4.74 Å². The number of sulfonamides is 1. The summed E-state index contributed by atoms with van der Waals surface area (Å²) < 4.78 is 46.1. The van der Waals surface area contributed by atoms with Gasteiger partial charge in [-0.3, -0.25) is 4.79 Å². The van der Waals surface area contributed by atoms with Crippen molar-refractivity contribution < 1.29 is 22.3 Å². The Hall–Kier alpha value is -1.77. The van der Waals surface area contributed by atoms with Crippen LogP contribution >= 0.6 is 15.9 Å². The summed E-state index contributed by atoms with van der Waals surface area (Å²) in [6.45, 7) is 0. The molecule has 0 heterocycles. The first kappa shape index (κ1) is 19.6. The monoisotopic (exact) mass is 429 g/mol. The van der Waals surface area contributed by atoms with Crippen LogP contribution in [0.5, 0.6) is 0 Å². The first-order chi connectivity index (χ1) is 11.8. The lowest BCUT2D eigenvalue weighted by Gasteiger charge is -2.18. The first-order valence-corrected chi connectivity index (χ1v) is 9.80. The third kappa shape index (κ3) is 6.22. The van der Waals surface area contributed by atoms with Crippen molar-refractivity contribution in [2.24, 2.45) is 0 Å². The molecule has 5 nitrogen and oxygen atoms in total. The Bertz CT molecular complexity index is 857. The summed E-state index contributed by atoms with van der Waals surface area (Å²) in [4.78, 5) is 11.7. The molecule has 0 aromatic heterocycles. The first-order valence-electron chi connectivity index (χ1n) is 7.36. The molecule has 0 saturated carbocycles. The zero-order valence-corrected chi connectivity index (χ0v) is 15.8. The Morgan fingerprint density at radius 3 is 2.60 bits per heavy atom. The molecule has 0 bridgehead atoms. The molecule has 0 aliphatic rings. The van der Waals surface area contributed by atoms with Crippen molar-refractivity contribution in [3.63, 3.8) is 0 Å². The normalized spacial score (nSPS) is 12.6. The highest BCUT2D eigenvalue weighted by molar-refractivity contribution is 9.10. The molecule has 1 N–H and O–H groups in total. The Kier molecular flexibility index (Phi) is 6.69. The van der Waals surface area contributed by atoms with Crippen LogP contribution in [0.1, 0.15) is 23.6 Å². The van der Waals surface area contributed by atoms with Crippen LogP contribution in [-0.2, 0) is 25.3 Å². The summed E-state index contributed by atoms with van der Waals surface area (Å²) in [7, 11) is -2.57. The Labute approximate surface area is 154 Å². The SMILES string of the molecule is COC(=O)CC(NS(=O)(=O)Cc1cccc(F)c1)c1cccc(Br)c1. The van der Waals surface area contributed by atoms with Gasteiger partial charge in [0.15, 0.2) is 0 Å². The molecule has 2 aromatic carbocycles. The Morgan fingerprint density at radius 1 is 1.24 bits per heavy atom. The van der Waals surface area contributed by atoms with Crippen molar-refractivity contribution >= 4 is 31.9 Å². The maximum atomic E-state index is 13.3. The van der Waals surface area contributed by atoms with Crippen molar-refractivity contribution in [1.29, 1.82) is 0 Å². The van der Waals surface area contributed by atoms with Gasteiger partial charge in [0.1, 0.15) is 5.82 Å². The minimum absolute atomic E-state index is 0.157. The average Bonchev–Trinajstić information content (AvgIpc) is 2.53. The maximum Gasteiger partial charge on any atom is 0.307 e. The molecule has 0 fully saturated rings. The Morgan fingerprint density at radius 2 is 1.96 bits per heavy atom. The van der Waals surface area contributed by atoms with Gasteiger partial charge in [-0.05, 0) is 35.4 Å². The number of methoxy groups -OCH3 is 1. The highest BCUT2D eigenvalue weighted by atomic mass is 79.9. The minimum atomic E-state index is -3.81. The van der Waals surface area contributed by atoms with E-state index in [0.29, 0.717) is 11.1 Å². The number of nitrogens with one attached hydrogen (secondary N) is 1. The number of hydrogen-bond acceptors (Lipinski definition) is 4. The molecule has 1 atom stereocenters. The molecule has 2 rings (SSSR count). The van der Waals surface area contributed by atoms with Gasteiger partial charge >= 0.3 is 5.97 Å². The molecule has 0 aliphatic heterocycles. The number of hydrogen-bond donors (Lipinski definition) is 1. The quantitative estimate of drug-likeness (QED) is 0.685. The second-order valence-corrected chi connectivity index (χ2v) is 8.06. The number of ether oxygens (including phenoxy) is 1. The van der Waals surface area contributed by atoms with E-state index in [1.165, 1.54) is 25.3 Å². The molecule has 8 heteroatoms. The molecule has 2 aromatic rings. The zero-order chi connectivity index (χ0) is 18.4. The fourth-order valence-electron chi connectivity index (χ4n) is 2.31. The van der Waals surface area contributed by atoms with E-state index in [2.05, 4.69) is 25.4 Å². The van der Waals surface area contributed by atoms with E-state index >= 15 is 0 Å². The molecule has 0 aliphatic carbocycles. The van der Waals surface area contributed by atoms with E-state index in [-0.39, 0.29) is 6.42 Å². The smallest absolute Gasteiger partial charge is 0.307 e. The van der Waals surface area contributed by atoms with Crippen LogP contribution in [0.15, 0.2) is 53.0 Å². The standard InChI is InChI=1S/C17H17BrFNO4S/c1-24-17(21)10-16(13-5-3-6-14(18)9-13)20-25(22,23)11-12-4-2-7-15(19)8-12/h2-9,16,20H,10-11H2,1H3. The molecular weight excluding hydrogens is 413 g/mol. The third-order valence-corrected chi connectivity index (χ3v) is 5.27. The summed E-state index contributed by atoms with van der Waals surface area (Å²) in [5.41, 5.74) is 0.932. The summed E-state index contributed by atoms with van der Waals surface area (Å²) >= 11 is 3.32. The predicted molar refractivity (Wildman–Crippen MR) is 95.7 cm³/mol. The number of halogens is 2. The highest BCUT2D eigenvalue weighted by Gasteiger charge is 2.23. The van der Waals surface area contributed by atoms with E-state index in [1.807, 2.05) is 0 Å². The second kappa shape index (κ2) is 8.55. The van der Waals surface area contributed by atoms with Crippen LogP contribution in [0.2, 0.25) is 0 Å². The molecule has 0 amide bonds. The lowest BCUT2D eigenvalue weighted by atomic mass is 10.1. The van der Waals surface area contributed by atoms with Crippen molar-refractivity contribution in [3.05, 3.63) is 69.9 Å². The average molecular weight is 430 g/mol. The molecule has 0 saturated heterocycles. The highest BCUT2D eigenvalue weighted by Crippen LogP contribution is 2.23. The number of benzene rings is 2. The molecule has 134 valence electrons.